The number of hydrogen-bond donors (Lipinski definition) is 1. The van der Waals surface area contributed by atoms with Crippen LogP contribution in [0.1, 0.15) is 5.69 Å². The smallest absolute Gasteiger partial charge is 0.265 e. The molecule has 0 aliphatic carbocycles. The number of methoxy groups -OCH3 is 2. The maximum atomic E-state index is 12.0. The molecule has 2 N–H and O–H groups in total. The van der Waals surface area contributed by atoms with Crippen molar-refractivity contribution in [1.29, 1.82) is 0 Å². The number of nitrogen functional groups attached to an aromatic ring is 1. The lowest BCUT2D eigenvalue weighted by molar-refractivity contribution is 0.348. The number of aromatic nitrogens is 2. The molecule has 2 aromatic heterocycles. The third kappa shape index (κ3) is 2.77. The summed E-state index contributed by atoms with van der Waals surface area (Å²) >= 11 is 3.18. The second kappa shape index (κ2) is 5.96. The van der Waals surface area contributed by atoms with Gasteiger partial charge in [0.15, 0.2) is 11.5 Å². The number of ether oxygens (including phenoxy) is 2. The van der Waals surface area contributed by atoms with Crippen molar-refractivity contribution < 1.29 is 9.47 Å². The third-order valence-electron chi connectivity index (χ3n) is 2.75. The van der Waals surface area contributed by atoms with Crippen molar-refractivity contribution in [2.24, 2.45) is 0 Å². The van der Waals surface area contributed by atoms with Crippen LogP contribution in [0.5, 0.6) is 11.5 Å². The van der Waals surface area contributed by atoms with Crippen molar-refractivity contribution >= 4 is 21.6 Å². The maximum absolute atomic E-state index is 12.0. The summed E-state index contributed by atoms with van der Waals surface area (Å²) in [5.74, 6) is 1.06. The molecule has 0 aliphatic rings. The van der Waals surface area contributed by atoms with Gasteiger partial charge in [-0.2, -0.15) is 0 Å². The van der Waals surface area contributed by atoms with E-state index in [9.17, 15) is 4.79 Å². The van der Waals surface area contributed by atoms with Crippen molar-refractivity contribution in [2.45, 2.75) is 6.54 Å². The molecule has 7 heteroatoms. The van der Waals surface area contributed by atoms with E-state index in [4.69, 9.17) is 15.2 Å². The fourth-order valence-corrected chi connectivity index (χ4v) is 2.36. The Kier molecular flexibility index (Phi) is 4.29. The summed E-state index contributed by atoms with van der Waals surface area (Å²) < 4.78 is 12.4. The first-order valence-corrected chi connectivity index (χ1v) is 6.57. The van der Waals surface area contributed by atoms with Gasteiger partial charge in [0.25, 0.3) is 5.56 Å². The number of rotatable bonds is 4. The van der Waals surface area contributed by atoms with E-state index < -0.39 is 0 Å². The van der Waals surface area contributed by atoms with Gasteiger partial charge in [-0.3, -0.25) is 9.78 Å². The topological polar surface area (TPSA) is 79.4 Å². The average molecular weight is 340 g/mol. The summed E-state index contributed by atoms with van der Waals surface area (Å²) in [5.41, 5.74) is 6.63. The molecular formula is C13H14BrN3O3. The van der Waals surface area contributed by atoms with Crippen LogP contribution >= 0.6 is 15.9 Å². The van der Waals surface area contributed by atoms with Crippen molar-refractivity contribution in [3.8, 4) is 11.5 Å². The molecule has 0 bridgehead atoms. The van der Waals surface area contributed by atoms with Gasteiger partial charge in [-0.25, -0.2) is 0 Å². The van der Waals surface area contributed by atoms with Gasteiger partial charge >= 0.3 is 0 Å². The number of nitrogens with zero attached hydrogens (tertiary/aromatic N) is 2. The Morgan fingerprint density at radius 3 is 2.80 bits per heavy atom. The molecule has 2 rings (SSSR count). The summed E-state index contributed by atoms with van der Waals surface area (Å²) in [4.78, 5) is 16.3. The minimum Gasteiger partial charge on any atom is -0.493 e. The lowest BCUT2D eigenvalue weighted by Crippen LogP contribution is -2.22. The Bertz CT molecular complexity index is 685. The first kappa shape index (κ1) is 14.4. The van der Waals surface area contributed by atoms with Crippen LogP contribution < -0.4 is 20.8 Å². The van der Waals surface area contributed by atoms with Crippen LogP contribution in [0.3, 0.4) is 0 Å². The van der Waals surface area contributed by atoms with Gasteiger partial charge in [0, 0.05) is 24.1 Å². The van der Waals surface area contributed by atoms with Gasteiger partial charge in [-0.1, -0.05) is 0 Å². The lowest BCUT2D eigenvalue weighted by atomic mass is 10.3. The zero-order valence-corrected chi connectivity index (χ0v) is 12.7. The predicted molar refractivity (Wildman–Crippen MR) is 79.3 cm³/mol. The van der Waals surface area contributed by atoms with Gasteiger partial charge in [0.1, 0.15) is 5.69 Å². The van der Waals surface area contributed by atoms with Crippen LogP contribution in [0.15, 0.2) is 33.8 Å². The molecular weight excluding hydrogens is 326 g/mol. The molecule has 0 amide bonds. The highest BCUT2D eigenvalue weighted by atomic mass is 79.9. The molecule has 6 nitrogen and oxygen atoms in total. The Labute approximate surface area is 124 Å². The quantitative estimate of drug-likeness (QED) is 0.916. The molecule has 2 heterocycles. The van der Waals surface area contributed by atoms with Gasteiger partial charge in [0.05, 0.1) is 25.2 Å². The molecule has 2 aromatic rings. The standard InChI is InChI=1S/C13H14BrN3O3/c1-19-11-3-4-16-10(12(11)20-2)7-17-6-8(15)5-9(14)13(17)18/h3-6H,7,15H2,1-2H3. The van der Waals surface area contributed by atoms with E-state index in [1.54, 1.807) is 31.6 Å². The molecule has 0 aromatic carbocycles. The van der Waals surface area contributed by atoms with Gasteiger partial charge in [0.2, 0.25) is 0 Å². The zero-order chi connectivity index (χ0) is 14.7. The molecule has 0 saturated heterocycles. The SMILES string of the molecule is COc1ccnc(Cn2cc(N)cc(Br)c2=O)c1OC. The van der Waals surface area contributed by atoms with Crippen molar-refractivity contribution in [2.75, 3.05) is 20.0 Å². The number of hydrogen-bond acceptors (Lipinski definition) is 5. The number of pyridine rings is 2. The fourth-order valence-electron chi connectivity index (χ4n) is 1.86. The minimum absolute atomic E-state index is 0.189. The van der Waals surface area contributed by atoms with Gasteiger partial charge in [-0.15, -0.1) is 0 Å². The van der Waals surface area contributed by atoms with E-state index in [1.165, 1.54) is 11.7 Å². The number of nitrogens with two attached hydrogens (primary N) is 1. The lowest BCUT2D eigenvalue weighted by Gasteiger charge is -2.13. The van der Waals surface area contributed by atoms with E-state index >= 15 is 0 Å². The second-order valence-corrected chi connectivity index (χ2v) is 4.90. The Balaban J connectivity index is 2.48. The van der Waals surface area contributed by atoms with Crippen molar-refractivity contribution in [3.63, 3.8) is 0 Å². The van der Waals surface area contributed by atoms with Crippen molar-refractivity contribution in [3.05, 3.63) is 45.0 Å². The molecule has 0 aliphatic heterocycles. The molecule has 0 radical (unpaired) electrons. The summed E-state index contributed by atoms with van der Waals surface area (Å²) in [6.45, 7) is 0.239. The van der Waals surface area contributed by atoms with Crippen LogP contribution in [0.25, 0.3) is 0 Å². The maximum Gasteiger partial charge on any atom is 0.265 e. The summed E-state index contributed by atoms with van der Waals surface area (Å²) in [6.07, 6.45) is 3.16. The van der Waals surface area contributed by atoms with Gasteiger partial charge < -0.3 is 19.8 Å². The van der Waals surface area contributed by atoms with E-state index in [0.717, 1.165) is 0 Å². The number of halogens is 1. The van der Waals surface area contributed by atoms with Crippen LogP contribution in [0.4, 0.5) is 5.69 Å². The Hall–Kier alpha value is -2.02. The van der Waals surface area contributed by atoms with E-state index in [2.05, 4.69) is 20.9 Å². The first-order valence-electron chi connectivity index (χ1n) is 5.78. The normalized spacial score (nSPS) is 10.3. The zero-order valence-electron chi connectivity index (χ0n) is 11.1. The minimum atomic E-state index is -0.189. The average Bonchev–Trinajstić information content (AvgIpc) is 2.43. The van der Waals surface area contributed by atoms with E-state index in [0.29, 0.717) is 27.4 Å². The first-order chi connectivity index (χ1) is 9.56. The monoisotopic (exact) mass is 339 g/mol. The highest BCUT2D eigenvalue weighted by Crippen LogP contribution is 2.29. The summed E-state index contributed by atoms with van der Waals surface area (Å²) in [7, 11) is 3.08. The molecule has 0 unspecified atom stereocenters. The predicted octanol–water partition coefficient (Wildman–Crippen LogP) is 1.65. The Morgan fingerprint density at radius 2 is 2.15 bits per heavy atom. The van der Waals surface area contributed by atoms with Crippen molar-refractivity contribution in [1.82, 2.24) is 9.55 Å². The summed E-state index contributed by atoms with van der Waals surface area (Å²) in [5, 5.41) is 0. The molecule has 0 atom stereocenters. The van der Waals surface area contributed by atoms with E-state index in [-0.39, 0.29) is 12.1 Å². The molecule has 20 heavy (non-hydrogen) atoms. The third-order valence-corrected chi connectivity index (χ3v) is 3.32. The molecule has 0 fully saturated rings. The highest BCUT2D eigenvalue weighted by Gasteiger charge is 2.13. The Morgan fingerprint density at radius 1 is 1.40 bits per heavy atom. The van der Waals surface area contributed by atoms with Crippen LogP contribution in [-0.2, 0) is 6.54 Å². The molecule has 0 saturated carbocycles. The molecule has 0 spiro atoms. The van der Waals surface area contributed by atoms with Crippen LogP contribution in [0, 0.1) is 0 Å². The number of anilines is 1. The second-order valence-electron chi connectivity index (χ2n) is 4.05. The summed E-state index contributed by atoms with van der Waals surface area (Å²) in [6, 6.07) is 3.26. The van der Waals surface area contributed by atoms with Gasteiger partial charge in [-0.05, 0) is 22.0 Å². The van der Waals surface area contributed by atoms with Crippen LogP contribution in [0.2, 0.25) is 0 Å². The van der Waals surface area contributed by atoms with E-state index in [1.807, 2.05) is 0 Å². The highest BCUT2D eigenvalue weighted by molar-refractivity contribution is 9.10. The van der Waals surface area contributed by atoms with Crippen LogP contribution in [-0.4, -0.2) is 23.8 Å². The largest absolute Gasteiger partial charge is 0.493 e. The fraction of sp³-hybridized carbons (Fsp3) is 0.231. The molecule has 106 valence electrons.